The maximum atomic E-state index is 13.0. The number of hydrogen-bond acceptors (Lipinski definition) is 5. The molecule has 0 aromatic heterocycles. The van der Waals surface area contributed by atoms with Crippen LogP contribution in [0.2, 0.25) is 0 Å². The van der Waals surface area contributed by atoms with Crippen LogP contribution >= 0.6 is 11.8 Å². The zero-order valence-corrected chi connectivity index (χ0v) is 15.6. The van der Waals surface area contributed by atoms with Crippen molar-refractivity contribution < 1.29 is 9.59 Å². The van der Waals surface area contributed by atoms with E-state index in [9.17, 15) is 9.59 Å². The molecule has 0 unspecified atom stereocenters. The van der Waals surface area contributed by atoms with E-state index >= 15 is 0 Å². The van der Waals surface area contributed by atoms with Crippen molar-refractivity contribution in [2.75, 3.05) is 32.7 Å². The number of amidine groups is 1. The number of carbonyl (C=O) groups excluding carboxylic acids is 2. The molecule has 0 aromatic rings. The molecule has 5 aliphatic heterocycles. The van der Waals surface area contributed by atoms with Gasteiger partial charge < -0.3 is 14.7 Å². The standard InChI is InChI=1S/C18H26N4O2S/c1-2-7-21-14-5-4-13(17(21)24)10-20(11-14)16(23)9-15-12-25-18-19-6-3-8-22(15)18/h12-14H,2-11H2,1H3/t13-,14+/m0/s1. The summed E-state index contributed by atoms with van der Waals surface area (Å²) in [4.78, 5) is 36.3. The van der Waals surface area contributed by atoms with Gasteiger partial charge in [-0.15, -0.1) is 0 Å². The number of nitrogens with zero attached hydrogens (tertiary/aromatic N) is 4. The Labute approximate surface area is 153 Å². The Morgan fingerprint density at radius 1 is 1.36 bits per heavy atom. The topological polar surface area (TPSA) is 56.2 Å². The van der Waals surface area contributed by atoms with Crippen LogP contribution in [0, 0.1) is 5.92 Å². The number of rotatable bonds is 4. The van der Waals surface area contributed by atoms with Gasteiger partial charge in [0.25, 0.3) is 0 Å². The Balaban J connectivity index is 1.44. The highest BCUT2D eigenvalue weighted by molar-refractivity contribution is 8.16. The van der Waals surface area contributed by atoms with Gasteiger partial charge in [-0.3, -0.25) is 14.6 Å². The highest BCUT2D eigenvalue weighted by atomic mass is 32.2. The molecular formula is C18H26N4O2S. The average Bonchev–Trinajstić information content (AvgIpc) is 2.82. The van der Waals surface area contributed by atoms with E-state index in [1.165, 1.54) is 0 Å². The fourth-order valence-electron chi connectivity index (χ4n) is 4.32. The van der Waals surface area contributed by atoms with Crippen molar-refractivity contribution in [1.82, 2.24) is 14.7 Å². The van der Waals surface area contributed by atoms with E-state index in [4.69, 9.17) is 0 Å². The molecule has 2 atom stereocenters. The van der Waals surface area contributed by atoms with Gasteiger partial charge >= 0.3 is 0 Å². The fraction of sp³-hybridized carbons (Fsp3) is 0.722. The summed E-state index contributed by atoms with van der Waals surface area (Å²) in [6, 6.07) is 0.203. The molecule has 2 bridgehead atoms. The first-order valence-electron chi connectivity index (χ1n) is 9.43. The molecule has 0 saturated carbocycles. The highest BCUT2D eigenvalue weighted by Gasteiger charge is 2.41. The second-order valence-corrected chi connectivity index (χ2v) is 8.17. The lowest BCUT2D eigenvalue weighted by Crippen LogP contribution is -2.48. The maximum Gasteiger partial charge on any atom is 0.228 e. The summed E-state index contributed by atoms with van der Waals surface area (Å²) in [7, 11) is 0. The van der Waals surface area contributed by atoms with Crippen molar-refractivity contribution in [2.24, 2.45) is 10.9 Å². The third kappa shape index (κ3) is 3.18. The van der Waals surface area contributed by atoms with Crippen LogP contribution in [0.5, 0.6) is 0 Å². The third-order valence-corrected chi connectivity index (χ3v) is 6.56. The summed E-state index contributed by atoms with van der Waals surface area (Å²) in [5.74, 6) is 0.407. The summed E-state index contributed by atoms with van der Waals surface area (Å²) < 4.78 is 0. The second kappa shape index (κ2) is 7.02. The largest absolute Gasteiger partial charge is 0.339 e. The number of piperidine rings is 1. The predicted octanol–water partition coefficient (Wildman–Crippen LogP) is 1.89. The van der Waals surface area contributed by atoms with Crippen LogP contribution in [0.3, 0.4) is 0 Å². The fourth-order valence-corrected chi connectivity index (χ4v) is 5.27. The predicted molar refractivity (Wildman–Crippen MR) is 99.0 cm³/mol. The Morgan fingerprint density at radius 2 is 2.24 bits per heavy atom. The molecule has 5 rings (SSSR count). The Hall–Kier alpha value is -1.50. The van der Waals surface area contributed by atoms with Gasteiger partial charge in [-0.2, -0.15) is 0 Å². The molecular weight excluding hydrogens is 336 g/mol. The van der Waals surface area contributed by atoms with Crippen LogP contribution in [0.25, 0.3) is 0 Å². The zero-order valence-electron chi connectivity index (χ0n) is 14.8. The van der Waals surface area contributed by atoms with Gasteiger partial charge in [-0.05, 0) is 31.1 Å². The molecule has 0 aromatic carbocycles. The first kappa shape index (κ1) is 16.9. The number of thioether (sulfide) groups is 1. The van der Waals surface area contributed by atoms with Gasteiger partial charge in [0.05, 0.1) is 12.3 Å². The normalized spacial score (nSPS) is 28.7. The molecule has 3 fully saturated rings. The summed E-state index contributed by atoms with van der Waals surface area (Å²) in [5.41, 5.74) is 1.07. The number of carbonyl (C=O) groups is 2. The van der Waals surface area contributed by atoms with E-state index in [-0.39, 0.29) is 23.8 Å². The smallest absolute Gasteiger partial charge is 0.228 e. The average molecular weight is 362 g/mol. The Morgan fingerprint density at radius 3 is 3.08 bits per heavy atom. The van der Waals surface area contributed by atoms with Gasteiger partial charge in [-0.1, -0.05) is 18.7 Å². The number of hydrogen-bond donors (Lipinski definition) is 0. The monoisotopic (exact) mass is 362 g/mol. The molecule has 5 aliphatic rings. The summed E-state index contributed by atoms with van der Waals surface area (Å²) in [5, 5.41) is 3.11. The van der Waals surface area contributed by atoms with Gasteiger partial charge in [0.2, 0.25) is 11.8 Å². The van der Waals surface area contributed by atoms with Crippen LogP contribution in [-0.2, 0) is 9.59 Å². The van der Waals surface area contributed by atoms with Crippen molar-refractivity contribution in [1.29, 1.82) is 0 Å². The molecule has 2 amide bonds. The van der Waals surface area contributed by atoms with Crippen molar-refractivity contribution in [3.05, 3.63) is 11.1 Å². The molecule has 0 N–H and O–H groups in total. The van der Waals surface area contributed by atoms with Crippen molar-refractivity contribution >= 4 is 28.7 Å². The molecule has 0 aliphatic carbocycles. The zero-order chi connectivity index (χ0) is 17.4. The van der Waals surface area contributed by atoms with Gasteiger partial charge in [0.15, 0.2) is 5.17 Å². The highest BCUT2D eigenvalue weighted by Crippen LogP contribution is 2.33. The van der Waals surface area contributed by atoms with E-state index < -0.39 is 0 Å². The number of amides is 2. The summed E-state index contributed by atoms with van der Waals surface area (Å²) in [6.45, 7) is 6.06. The molecule has 3 saturated heterocycles. The van der Waals surface area contributed by atoms with Crippen molar-refractivity contribution in [2.45, 2.75) is 45.1 Å². The number of aliphatic imine (C=N–C) groups is 1. The molecule has 0 spiro atoms. The quantitative estimate of drug-likeness (QED) is 0.766. The maximum absolute atomic E-state index is 13.0. The van der Waals surface area contributed by atoms with E-state index in [0.717, 1.165) is 56.2 Å². The molecule has 136 valence electrons. The van der Waals surface area contributed by atoms with Crippen LogP contribution < -0.4 is 0 Å². The van der Waals surface area contributed by atoms with Gasteiger partial charge in [0, 0.05) is 44.5 Å². The Kier molecular flexibility index (Phi) is 4.75. The number of fused-ring (bicyclic) bond motifs is 5. The van der Waals surface area contributed by atoms with E-state index in [2.05, 4.69) is 22.2 Å². The minimum absolute atomic E-state index is 0.00621. The van der Waals surface area contributed by atoms with Crippen LogP contribution in [0.1, 0.15) is 39.0 Å². The SMILES string of the molecule is CCCN1C(=O)[C@H]2CC[C@@H]1CN(C(=O)CC1=CSC3=NCCCN13)C2. The van der Waals surface area contributed by atoms with Gasteiger partial charge in [-0.25, -0.2) is 0 Å². The summed E-state index contributed by atoms with van der Waals surface area (Å²) >= 11 is 1.63. The molecule has 25 heavy (non-hydrogen) atoms. The molecule has 7 heteroatoms. The van der Waals surface area contributed by atoms with E-state index in [1.54, 1.807) is 11.8 Å². The van der Waals surface area contributed by atoms with Crippen molar-refractivity contribution in [3.8, 4) is 0 Å². The summed E-state index contributed by atoms with van der Waals surface area (Å²) in [6.07, 6.45) is 4.40. The van der Waals surface area contributed by atoms with Crippen LogP contribution in [-0.4, -0.2) is 70.4 Å². The second-order valence-electron chi connectivity index (χ2n) is 7.33. The lowest BCUT2D eigenvalue weighted by atomic mass is 9.94. The first-order valence-corrected chi connectivity index (χ1v) is 10.3. The van der Waals surface area contributed by atoms with Crippen LogP contribution in [0.4, 0.5) is 0 Å². The molecule has 0 radical (unpaired) electrons. The van der Waals surface area contributed by atoms with Gasteiger partial charge in [0.1, 0.15) is 0 Å². The minimum atomic E-state index is -0.00621. The first-order chi connectivity index (χ1) is 12.2. The molecule has 5 heterocycles. The van der Waals surface area contributed by atoms with Crippen LogP contribution in [0.15, 0.2) is 16.1 Å². The molecule has 6 nitrogen and oxygen atoms in total. The lowest BCUT2D eigenvalue weighted by Gasteiger charge is -2.35. The van der Waals surface area contributed by atoms with E-state index in [1.807, 2.05) is 9.80 Å². The van der Waals surface area contributed by atoms with E-state index in [0.29, 0.717) is 19.5 Å². The third-order valence-electron chi connectivity index (χ3n) is 5.61. The lowest BCUT2D eigenvalue weighted by molar-refractivity contribution is -0.139. The minimum Gasteiger partial charge on any atom is -0.339 e. The Bertz CT molecular complexity index is 633. The van der Waals surface area contributed by atoms with Crippen molar-refractivity contribution in [3.63, 3.8) is 0 Å².